The molecule has 6 rings (SSSR count). The minimum absolute atomic E-state index is 0.00896. The van der Waals surface area contributed by atoms with Gasteiger partial charge in [0.1, 0.15) is 29.6 Å². The molecule has 2 aliphatic heterocycles. The van der Waals surface area contributed by atoms with Gasteiger partial charge in [0, 0.05) is 36.3 Å². The molecule has 2 atom stereocenters. The van der Waals surface area contributed by atoms with Crippen LogP contribution in [0.25, 0.3) is 22.4 Å². The van der Waals surface area contributed by atoms with E-state index in [1.807, 2.05) is 29.7 Å². The van der Waals surface area contributed by atoms with Crippen molar-refractivity contribution in [2.24, 2.45) is 5.92 Å². The Balaban J connectivity index is 1.21. The molecule has 0 bridgehead atoms. The third-order valence-corrected chi connectivity index (χ3v) is 7.76. The van der Waals surface area contributed by atoms with Gasteiger partial charge in [0.15, 0.2) is 5.65 Å². The molecule has 1 aromatic carbocycles. The van der Waals surface area contributed by atoms with Gasteiger partial charge in [-0.25, -0.2) is 19.9 Å². The number of benzene rings is 1. The van der Waals surface area contributed by atoms with Crippen molar-refractivity contribution in [1.29, 1.82) is 0 Å². The Bertz CT molecular complexity index is 1580. The van der Waals surface area contributed by atoms with Gasteiger partial charge in [-0.1, -0.05) is 6.07 Å². The number of fused-ring (bicyclic) bond motifs is 1. The maximum atomic E-state index is 13.0. The van der Waals surface area contributed by atoms with Gasteiger partial charge in [0.2, 0.25) is 5.91 Å². The van der Waals surface area contributed by atoms with Crippen LogP contribution in [0.4, 0.5) is 30.4 Å². The second kappa shape index (κ2) is 11.6. The molecule has 2 fully saturated rings. The van der Waals surface area contributed by atoms with Crippen molar-refractivity contribution in [2.75, 3.05) is 36.9 Å². The maximum Gasteiger partial charge on any atom is 0.393 e. The highest BCUT2D eigenvalue weighted by atomic mass is 19.4. The molecule has 1 unspecified atom stereocenters. The van der Waals surface area contributed by atoms with Gasteiger partial charge >= 0.3 is 6.18 Å². The van der Waals surface area contributed by atoms with Crippen LogP contribution < -0.4 is 10.6 Å². The van der Waals surface area contributed by atoms with Gasteiger partial charge in [0.25, 0.3) is 0 Å². The number of ether oxygens (including phenoxy) is 1. The molecule has 2 aliphatic rings. The SMILES string of the molecule is Cc1ccc(NC(=O)CN2CC[C@H](C(F)(F)F)C2)cc1Nc1ncccc1-c1ncnc2c1ncn2C1CCCCO1. The summed E-state index contributed by atoms with van der Waals surface area (Å²) in [7, 11) is 0. The maximum absolute atomic E-state index is 13.0. The number of aryl methyl sites for hydroxylation is 1. The van der Waals surface area contributed by atoms with Crippen LogP contribution in [0.15, 0.2) is 49.2 Å². The molecule has 0 spiro atoms. The zero-order chi connectivity index (χ0) is 29.3. The lowest BCUT2D eigenvalue weighted by Gasteiger charge is -2.23. The van der Waals surface area contributed by atoms with Crippen molar-refractivity contribution in [1.82, 2.24) is 29.4 Å². The molecule has 4 aromatic rings. The third kappa shape index (κ3) is 5.93. The first-order valence-corrected chi connectivity index (χ1v) is 14.0. The molecule has 0 aliphatic carbocycles. The molecule has 3 aromatic heterocycles. The molecule has 2 N–H and O–H groups in total. The Morgan fingerprint density at radius 1 is 1.12 bits per heavy atom. The van der Waals surface area contributed by atoms with Crippen molar-refractivity contribution >= 4 is 34.3 Å². The van der Waals surface area contributed by atoms with Crippen molar-refractivity contribution in [2.45, 2.75) is 45.0 Å². The minimum Gasteiger partial charge on any atom is -0.358 e. The van der Waals surface area contributed by atoms with Crippen LogP contribution in [0, 0.1) is 12.8 Å². The number of aromatic nitrogens is 5. The Morgan fingerprint density at radius 3 is 2.79 bits per heavy atom. The summed E-state index contributed by atoms with van der Waals surface area (Å²) < 4.78 is 46.9. The molecule has 2 saturated heterocycles. The summed E-state index contributed by atoms with van der Waals surface area (Å²) in [6.07, 6.45) is 3.58. The monoisotopic (exact) mass is 580 g/mol. The fraction of sp³-hybridized carbons (Fsp3) is 0.414. The number of halogens is 3. The average molecular weight is 581 g/mol. The number of imidazole rings is 1. The lowest BCUT2D eigenvalue weighted by molar-refractivity contribution is -0.170. The fourth-order valence-corrected chi connectivity index (χ4v) is 5.51. The standard InChI is InChI=1S/C29H31F3N8O2/c1-18-7-8-20(37-23(41)15-39-11-9-19(14-39)29(30,31)32)13-22(18)38-27-21(5-4-10-33-27)25-26-28(35-16-34-25)40(17-36-26)24-6-2-3-12-42-24/h4-5,7-8,10,13,16-17,19,24H,2-3,6,9,11-12,14-15H2,1H3,(H,33,38)(H,37,41)/t19-,24?/m0/s1. The number of rotatable bonds is 7. The Morgan fingerprint density at radius 2 is 2.00 bits per heavy atom. The predicted molar refractivity (Wildman–Crippen MR) is 151 cm³/mol. The van der Waals surface area contributed by atoms with Crippen molar-refractivity contribution in [3.05, 3.63) is 54.7 Å². The number of hydrogen-bond acceptors (Lipinski definition) is 8. The van der Waals surface area contributed by atoms with Crippen LogP contribution in [-0.2, 0) is 9.53 Å². The number of hydrogen-bond donors (Lipinski definition) is 2. The molecular weight excluding hydrogens is 549 g/mol. The predicted octanol–water partition coefficient (Wildman–Crippen LogP) is 5.46. The number of alkyl halides is 3. The molecule has 13 heteroatoms. The van der Waals surface area contributed by atoms with Gasteiger partial charge in [-0.3, -0.25) is 14.3 Å². The molecular formula is C29H31F3N8O2. The molecule has 0 radical (unpaired) electrons. The van der Waals surface area contributed by atoms with Crippen LogP contribution in [0.1, 0.15) is 37.5 Å². The van der Waals surface area contributed by atoms with E-state index in [9.17, 15) is 18.0 Å². The minimum atomic E-state index is -4.24. The van der Waals surface area contributed by atoms with Crippen molar-refractivity contribution in [3.63, 3.8) is 0 Å². The van der Waals surface area contributed by atoms with Gasteiger partial charge in [0.05, 0.1) is 18.8 Å². The van der Waals surface area contributed by atoms with Gasteiger partial charge in [-0.2, -0.15) is 13.2 Å². The number of nitrogens with zero attached hydrogens (tertiary/aromatic N) is 6. The number of carbonyl (C=O) groups excluding carboxylic acids is 1. The number of likely N-dealkylation sites (tertiary alicyclic amines) is 1. The summed E-state index contributed by atoms with van der Waals surface area (Å²) in [6.45, 7) is 2.60. The number of anilines is 3. The highest BCUT2D eigenvalue weighted by Gasteiger charge is 2.43. The van der Waals surface area contributed by atoms with E-state index in [-0.39, 0.29) is 38.2 Å². The van der Waals surface area contributed by atoms with Gasteiger partial charge in [-0.15, -0.1) is 0 Å². The second-order valence-corrected chi connectivity index (χ2v) is 10.7. The summed E-state index contributed by atoms with van der Waals surface area (Å²) >= 11 is 0. The lowest BCUT2D eigenvalue weighted by Crippen LogP contribution is -2.33. The quantitative estimate of drug-likeness (QED) is 0.297. The first kappa shape index (κ1) is 28.0. The summed E-state index contributed by atoms with van der Waals surface area (Å²) in [5.41, 5.74) is 4.79. The zero-order valence-electron chi connectivity index (χ0n) is 23.1. The van der Waals surface area contributed by atoms with Crippen molar-refractivity contribution in [3.8, 4) is 11.3 Å². The molecule has 1 amide bonds. The molecule has 42 heavy (non-hydrogen) atoms. The first-order valence-electron chi connectivity index (χ1n) is 14.0. The zero-order valence-corrected chi connectivity index (χ0v) is 23.1. The summed E-state index contributed by atoms with van der Waals surface area (Å²) in [5, 5.41) is 6.18. The number of nitrogens with one attached hydrogen (secondary N) is 2. The van der Waals surface area contributed by atoms with Crippen LogP contribution in [0.2, 0.25) is 0 Å². The Kier molecular flexibility index (Phi) is 7.78. The van der Waals surface area contributed by atoms with Crippen LogP contribution >= 0.6 is 0 Å². The summed E-state index contributed by atoms with van der Waals surface area (Å²) in [4.78, 5) is 32.4. The van der Waals surface area contributed by atoms with E-state index in [0.717, 1.165) is 30.4 Å². The third-order valence-electron chi connectivity index (χ3n) is 7.76. The fourth-order valence-electron chi connectivity index (χ4n) is 5.51. The number of carbonyl (C=O) groups is 1. The van der Waals surface area contributed by atoms with Crippen LogP contribution in [-0.4, -0.2) is 67.7 Å². The molecule has 10 nitrogen and oxygen atoms in total. The van der Waals surface area contributed by atoms with E-state index >= 15 is 0 Å². The Hall–Kier alpha value is -4.10. The van der Waals surface area contributed by atoms with Gasteiger partial charge in [-0.05, 0) is 69.0 Å². The molecule has 220 valence electrons. The number of pyridine rings is 1. The molecule has 5 heterocycles. The van der Waals surface area contributed by atoms with Gasteiger partial charge < -0.3 is 15.4 Å². The van der Waals surface area contributed by atoms with Crippen molar-refractivity contribution < 1.29 is 22.7 Å². The van der Waals surface area contributed by atoms with E-state index < -0.39 is 12.1 Å². The highest BCUT2D eigenvalue weighted by Crippen LogP contribution is 2.35. The normalized spacial score (nSPS) is 19.7. The largest absolute Gasteiger partial charge is 0.393 e. The van der Waals surface area contributed by atoms with E-state index in [1.165, 1.54) is 11.2 Å². The number of amides is 1. The topological polar surface area (TPSA) is 110 Å². The highest BCUT2D eigenvalue weighted by molar-refractivity contribution is 5.94. The van der Waals surface area contributed by atoms with Crippen LogP contribution in [0.5, 0.6) is 0 Å². The van der Waals surface area contributed by atoms with E-state index in [2.05, 4.69) is 30.6 Å². The van der Waals surface area contributed by atoms with Crippen LogP contribution in [0.3, 0.4) is 0 Å². The summed E-state index contributed by atoms with van der Waals surface area (Å²) in [6, 6.07) is 9.11. The second-order valence-electron chi connectivity index (χ2n) is 10.7. The van der Waals surface area contributed by atoms with E-state index in [0.29, 0.717) is 40.7 Å². The summed E-state index contributed by atoms with van der Waals surface area (Å²) in [5.74, 6) is -1.21. The Labute approximate surface area is 240 Å². The molecule has 0 saturated carbocycles. The first-order chi connectivity index (χ1) is 20.3. The van der Waals surface area contributed by atoms with E-state index in [4.69, 9.17) is 4.74 Å². The lowest BCUT2D eigenvalue weighted by atomic mass is 10.1. The smallest absolute Gasteiger partial charge is 0.358 e. The van der Waals surface area contributed by atoms with E-state index in [1.54, 1.807) is 24.7 Å². The average Bonchev–Trinajstić information content (AvgIpc) is 3.63.